The highest BCUT2D eigenvalue weighted by atomic mass is 32.2. The second kappa shape index (κ2) is 6.29. The fraction of sp³-hybridized carbons (Fsp3) is 0.133. The summed E-state index contributed by atoms with van der Waals surface area (Å²) in [4.78, 5) is 12.9. The molecule has 2 N–H and O–H groups in total. The predicted octanol–water partition coefficient (Wildman–Crippen LogP) is 3.36. The molecule has 2 aromatic rings. The molecule has 0 spiro atoms. The van der Waals surface area contributed by atoms with Crippen molar-refractivity contribution in [3.63, 3.8) is 0 Å². The van der Waals surface area contributed by atoms with Gasteiger partial charge in [-0.25, -0.2) is 0 Å². The number of hydrogen-bond donors (Lipinski definition) is 1. The number of ether oxygens (including phenoxy) is 1. The smallest absolute Gasteiger partial charge is 0.233 e. The first-order valence-electron chi connectivity index (χ1n) is 5.94. The average molecular weight is 273 g/mol. The van der Waals surface area contributed by atoms with E-state index in [4.69, 9.17) is 10.5 Å². The highest BCUT2D eigenvalue weighted by molar-refractivity contribution is 8.13. The van der Waals surface area contributed by atoms with Crippen molar-refractivity contribution in [1.82, 2.24) is 0 Å². The summed E-state index contributed by atoms with van der Waals surface area (Å²) < 4.78 is 5.58. The van der Waals surface area contributed by atoms with Gasteiger partial charge in [0.1, 0.15) is 5.75 Å². The van der Waals surface area contributed by atoms with Gasteiger partial charge >= 0.3 is 0 Å². The highest BCUT2D eigenvalue weighted by Gasteiger charge is 2.16. The summed E-state index contributed by atoms with van der Waals surface area (Å²) in [6, 6.07) is 16.6. The number of benzene rings is 2. The van der Waals surface area contributed by atoms with E-state index in [0.29, 0.717) is 11.4 Å². The number of carbonyl (C=O) groups is 1. The molecule has 98 valence electrons. The molecule has 1 atom stereocenters. The number of hydrogen-bond acceptors (Lipinski definition) is 4. The topological polar surface area (TPSA) is 52.3 Å². The maximum Gasteiger partial charge on any atom is 0.233 e. The minimum atomic E-state index is -0.521. The summed E-state index contributed by atoms with van der Waals surface area (Å²) >= 11 is 1.18. The summed E-state index contributed by atoms with van der Waals surface area (Å²) in [5, 5.41) is -0.0337. The molecular weight excluding hydrogens is 258 g/mol. The average Bonchev–Trinajstić information content (AvgIpc) is 2.40. The molecule has 4 heteroatoms. The number of anilines is 1. The van der Waals surface area contributed by atoms with Crippen LogP contribution in [-0.2, 0) is 4.79 Å². The third-order valence-corrected chi connectivity index (χ3v) is 3.51. The van der Waals surface area contributed by atoms with Gasteiger partial charge in [0.05, 0.1) is 0 Å². The zero-order valence-corrected chi connectivity index (χ0v) is 11.4. The third kappa shape index (κ3) is 4.03. The van der Waals surface area contributed by atoms with E-state index in [1.807, 2.05) is 30.3 Å². The maximum absolute atomic E-state index is 12.0. The Kier molecular flexibility index (Phi) is 4.47. The second-order valence-electron chi connectivity index (χ2n) is 4.07. The van der Waals surface area contributed by atoms with E-state index in [1.54, 1.807) is 31.2 Å². The van der Waals surface area contributed by atoms with Gasteiger partial charge in [0.15, 0.2) is 6.10 Å². The van der Waals surface area contributed by atoms with Crippen molar-refractivity contribution in [1.29, 1.82) is 0 Å². The van der Waals surface area contributed by atoms with Crippen LogP contribution in [0.4, 0.5) is 5.69 Å². The standard InChI is InChI=1S/C15H15NO2S/c1-11(18-13-7-5-6-12(16)10-13)15(17)19-14-8-3-2-4-9-14/h2-11H,16H2,1H3/t11-/m0/s1. The summed E-state index contributed by atoms with van der Waals surface area (Å²) in [6.07, 6.45) is -0.521. The Morgan fingerprint density at radius 3 is 2.58 bits per heavy atom. The first kappa shape index (κ1) is 13.5. The molecule has 0 bridgehead atoms. The van der Waals surface area contributed by atoms with E-state index in [9.17, 15) is 4.79 Å². The van der Waals surface area contributed by atoms with E-state index >= 15 is 0 Å². The number of nitrogen functional groups attached to an aromatic ring is 1. The minimum absolute atomic E-state index is 0.0337. The molecule has 0 unspecified atom stereocenters. The van der Waals surface area contributed by atoms with Crippen LogP contribution >= 0.6 is 11.8 Å². The Hall–Kier alpha value is -1.94. The van der Waals surface area contributed by atoms with Crippen LogP contribution in [0.25, 0.3) is 0 Å². The van der Waals surface area contributed by atoms with E-state index in [0.717, 1.165) is 4.90 Å². The molecular formula is C15H15NO2S. The number of thioether (sulfide) groups is 1. The van der Waals surface area contributed by atoms with Crippen LogP contribution in [0.5, 0.6) is 5.75 Å². The molecule has 0 radical (unpaired) electrons. The fourth-order valence-electron chi connectivity index (χ4n) is 1.53. The van der Waals surface area contributed by atoms with Crippen molar-refractivity contribution < 1.29 is 9.53 Å². The van der Waals surface area contributed by atoms with Crippen LogP contribution in [0.3, 0.4) is 0 Å². The Bertz CT molecular complexity index is 557. The molecule has 0 aliphatic heterocycles. The molecule has 19 heavy (non-hydrogen) atoms. The molecule has 3 nitrogen and oxygen atoms in total. The Balaban J connectivity index is 1.96. The van der Waals surface area contributed by atoms with Crippen LogP contribution in [0.1, 0.15) is 6.92 Å². The minimum Gasteiger partial charge on any atom is -0.482 e. The van der Waals surface area contributed by atoms with Crippen LogP contribution in [-0.4, -0.2) is 11.2 Å². The third-order valence-electron chi connectivity index (χ3n) is 2.46. The van der Waals surface area contributed by atoms with Crippen molar-refractivity contribution >= 4 is 22.6 Å². The Morgan fingerprint density at radius 2 is 1.89 bits per heavy atom. The quantitative estimate of drug-likeness (QED) is 0.685. The lowest BCUT2D eigenvalue weighted by Gasteiger charge is -2.13. The normalized spacial score (nSPS) is 11.8. The van der Waals surface area contributed by atoms with Crippen molar-refractivity contribution in [2.24, 2.45) is 0 Å². The molecule has 0 saturated carbocycles. The van der Waals surface area contributed by atoms with Gasteiger partial charge in [-0.2, -0.15) is 0 Å². The van der Waals surface area contributed by atoms with Crippen molar-refractivity contribution in [3.8, 4) is 5.75 Å². The predicted molar refractivity (Wildman–Crippen MR) is 78.3 cm³/mol. The van der Waals surface area contributed by atoms with E-state index in [-0.39, 0.29) is 5.12 Å². The maximum atomic E-state index is 12.0. The molecule has 2 rings (SSSR count). The lowest BCUT2D eigenvalue weighted by molar-refractivity contribution is -0.116. The van der Waals surface area contributed by atoms with Crippen molar-refractivity contribution in [2.45, 2.75) is 17.9 Å². The lowest BCUT2D eigenvalue weighted by Crippen LogP contribution is -2.20. The Morgan fingerprint density at radius 1 is 1.16 bits per heavy atom. The molecule has 0 fully saturated rings. The van der Waals surface area contributed by atoms with Gasteiger partial charge in [-0.15, -0.1) is 0 Å². The number of nitrogens with two attached hydrogens (primary N) is 1. The second-order valence-corrected chi connectivity index (χ2v) is 5.14. The van der Waals surface area contributed by atoms with E-state index < -0.39 is 6.10 Å². The summed E-state index contributed by atoms with van der Waals surface area (Å²) in [6.45, 7) is 1.74. The SMILES string of the molecule is C[C@H](Oc1cccc(N)c1)C(=O)Sc1ccccc1. The van der Waals surface area contributed by atoms with E-state index in [1.165, 1.54) is 11.8 Å². The molecule has 0 aromatic heterocycles. The number of carbonyl (C=O) groups excluding carboxylic acids is 1. The molecule has 0 aliphatic carbocycles. The molecule has 0 saturated heterocycles. The largest absolute Gasteiger partial charge is 0.482 e. The van der Waals surface area contributed by atoms with Crippen LogP contribution in [0, 0.1) is 0 Å². The fourth-order valence-corrected chi connectivity index (χ4v) is 2.27. The first-order valence-corrected chi connectivity index (χ1v) is 6.76. The first-order chi connectivity index (χ1) is 9.15. The summed E-state index contributed by atoms with van der Waals surface area (Å²) in [5.41, 5.74) is 6.28. The van der Waals surface area contributed by atoms with Crippen LogP contribution in [0.15, 0.2) is 59.5 Å². The Labute approximate surface area is 116 Å². The van der Waals surface area contributed by atoms with Crippen LogP contribution in [0.2, 0.25) is 0 Å². The molecule has 2 aromatic carbocycles. The monoisotopic (exact) mass is 273 g/mol. The van der Waals surface area contributed by atoms with Gasteiger partial charge in [-0.05, 0) is 43.0 Å². The van der Waals surface area contributed by atoms with E-state index in [2.05, 4.69) is 0 Å². The van der Waals surface area contributed by atoms with Crippen molar-refractivity contribution in [2.75, 3.05) is 5.73 Å². The summed E-state index contributed by atoms with van der Waals surface area (Å²) in [7, 11) is 0. The van der Waals surface area contributed by atoms with Gasteiger partial charge < -0.3 is 10.5 Å². The van der Waals surface area contributed by atoms with Gasteiger partial charge in [0, 0.05) is 16.6 Å². The summed E-state index contributed by atoms with van der Waals surface area (Å²) in [5.74, 6) is 0.606. The van der Waals surface area contributed by atoms with Gasteiger partial charge in [0.25, 0.3) is 0 Å². The molecule has 0 heterocycles. The van der Waals surface area contributed by atoms with Crippen LogP contribution < -0.4 is 10.5 Å². The highest BCUT2D eigenvalue weighted by Crippen LogP contribution is 2.22. The zero-order valence-electron chi connectivity index (χ0n) is 10.6. The zero-order chi connectivity index (χ0) is 13.7. The molecule has 0 aliphatic rings. The lowest BCUT2D eigenvalue weighted by atomic mass is 10.3. The van der Waals surface area contributed by atoms with Crippen molar-refractivity contribution in [3.05, 3.63) is 54.6 Å². The van der Waals surface area contributed by atoms with Gasteiger partial charge in [0.2, 0.25) is 5.12 Å². The molecule has 0 amide bonds. The number of rotatable bonds is 4. The van der Waals surface area contributed by atoms with Gasteiger partial charge in [-0.3, -0.25) is 4.79 Å². The van der Waals surface area contributed by atoms with Gasteiger partial charge in [-0.1, -0.05) is 24.3 Å².